The van der Waals surface area contributed by atoms with E-state index >= 15 is 0 Å². The fourth-order valence-corrected chi connectivity index (χ4v) is 1.67. The Bertz CT molecular complexity index is 548. The zero-order valence-electron chi connectivity index (χ0n) is 10.0. The van der Waals surface area contributed by atoms with E-state index in [2.05, 4.69) is 31.0 Å². The van der Waals surface area contributed by atoms with E-state index in [0.717, 1.165) is 11.3 Å². The molecule has 84 valence electrons. The van der Waals surface area contributed by atoms with Gasteiger partial charge >= 0.3 is 0 Å². The van der Waals surface area contributed by atoms with Crippen molar-refractivity contribution in [1.29, 1.82) is 5.26 Å². The third-order valence-corrected chi connectivity index (χ3v) is 2.74. The second-order valence-corrected chi connectivity index (χ2v) is 4.32. The highest BCUT2D eigenvalue weighted by Gasteiger charge is 2.02. The number of hydrogen-bond acceptors (Lipinski definition) is 2. The summed E-state index contributed by atoms with van der Waals surface area (Å²) in [5, 5.41) is 8.86. The molecule has 0 atom stereocenters. The van der Waals surface area contributed by atoms with Gasteiger partial charge in [-0.25, -0.2) is 0 Å². The van der Waals surface area contributed by atoms with Gasteiger partial charge in [0.15, 0.2) is 0 Å². The van der Waals surface area contributed by atoms with Gasteiger partial charge in [-0.1, -0.05) is 32.0 Å². The molecule has 1 heterocycles. The van der Waals surface area contributed by atoms with Gasteiger partial charge in [-0.05, 0) is 29.7 Å². The van der Waals surface area contributed by atoms with E-state index in [9.17, 15) is 0 Å². The van der Waals surface area contributed by atoms with Crippen molar-refractivity contribution in [3.8, 4) is 17.3 Å². The minimum atomic E-state index is 0.488. The summed E-state index contributed by atoms with van der Waals surface area (Å²) < 4.78 is 0. The summed E-state index contributed by atoms with van der Waals surface area (Å²) in [7, 11) is 0. The molecule has 1 aromatic heterocycles. The van der Waals surface area contributed by atoms with Crippen molar-refractivity contribution in [3.63, 3.8) is 0 Å². The minimum absolute atomic E-state index is 0.488. The van der Waals surface area contributed by atoms with E-state index in [0.29, 0.717) is 11.5 Å². The second kappa shape index (κ2) is 4.80. The van der Waals surface area contributed by atoms with Gasteiger partial charge < -0.3 is 0 Å². The van der Waals surface area contributed by atoms with Crippen LogP contribution in [0.3, 0.4) is 0 Å². The van der Waals surface area contributed by atoms with Crippen LogP contribution in [0.4, 0.5) is 0 Å². The quantitative estimate of drug-likeness (QED) is 0.776. The summed E-state index contributed by atoms with van der Waals surface area (Å²) in [5.74, 6) is 0.488. The Hall–Kier alpha value is -2.14. The van der Waals surface area contributed by atoms with Crippen LogP contribution in [0.2, 0.25) is 0 Å². The Morgan fingerprint density at radius 1 is 1.18 bits per heavy atom. The Balaban J connectivity index is 2.37. The van der Waals surface area contributed by atoms with Crippen molar-refractivity contribution < 1.29 is 0 Å². The summed E-state index contributed by atoms with van der Waals surface area (Å²) in [5.41, 5.74) is 3.79. The van der Waals surface area contributed by atoms with Crippen LogP contribution in [0.5, 0.6) is 0 Å². The molecule has 17 heavy (non-hydrogen) atoms. The highest BCUT2D eigenvalue weighted by atomic mass is 14.7. The van der Waals surface area contributed by atoms with Crippen LogP contribution in [0, 0.1) is 11.3 Å². The van der Waals surface area contributed by atoms with E-state index in [1.54, 1.807) is 6.07 Å². The molecule has 0 radical (unpaired) electrons. The zero-order chi connectivity index (χ0) is 12.3. The average molecular weight is 222 g/mol. The molecule has 0 saturated heterocycles. The SMILES string of the molecule is CC(C)c1ccc(-c2cccc(C#N)c2)nc1. The first kappa shape index (κ1) is 11.3. The molecule has 0 spiro atoms. The molecule has 0 bridgehead atoms. The molecular weight excluding hydrogens is 208 g/mol. The molecule has 1 aromatic carbocycles. The highest BCUT2D eigenvalue weighted by Crippen LogP contribution is 2.20. The highest BCUT2D eigenvalue weighted by molar-refractivity contribution is 5.61. The van der Waals surface area contributed by atoms with E-state index in [-0.39, 0.29) is 0 Å². The standard InChI is InChI=1S/C15H14N2/c1-11(2)14-6-7-15(17-10-14)13-5-3-4-12(8-13)9-16/h3-8,10-11H,1-2H3. The van der Waals surface area contributed by atoms with Crippen molar-refractivity contribution in [2.24, 2.45) is 0 Å². The third kappa shape index (κ3) is 2.51. The van der Waals surface area contributed by atoms with Gasteiger partial charge in [0, 0.05) is 11.8 Å². The van der Waals surface area contributed by atoms with E-state index in [4.69, 9.17) is 5.26 Å². The van der Waals surface area contributed by atoms with Gasteiger partial charge in [-0.15, -0.1) is 0 Å². The molecule has 2 rings (SSSR count). The summed E-state index contributed by atoms with van der Waals surface area (Å²) in [6.45, 7) is 4.29. The number of rotatable bonds is 2. The van der Waals surface area contributed by atoms with Gasteiger partial charge in [0.1, 0.15) is 0 Å². The van der Waals surface area contributed by atoms with Crippen LogP contribution < -0.4 is 0 Å². The molecule has 0 aliphatic rings. The molecule has 2 heteroatoms. The number of nitrogens with zero attached hydrogens (tertiary/aromatic N) is 2. The lowest BCUT2D eigenvalue weighted by Crippen LogP contribution is -1.90. The molecule has 0 aliphatic carbocycles. The first-order valence-corrected chi connectivity index (χ1v) is 5.67. The first-order chi connectivity index (χ1) is 8.20. The van der Waals surface area contributed by atoms with Gasteiger partial charge in [0.2, 0.25) is 0 Å². The molecular formula is C15H14N2. The topological polar surface area (TPSA) is 36.7 Å². The summed E-state index contributed by atoms with van der Waals surface area (Å²) >= 11 is 0. The number of hydrogen-bond donors (Lipinski definition) is 0. The Morgan fingerprint density at radius 2 is 2.00 bits per heavy atom. The largest absolute Gasteiger partial charge is 0.256 e. The van der Waals surface area contributed by atoms with Crippen molar-refractivity contribution in [1.82, 2.24) is 4.98 Å². The van der Waals surface area contributed by atoms with Crippen molar-refractivity contribution in [2.45, 2.75) is 19.8 Å². The molecule has 0 saturated carbocycles. The van der Waals surface area contributed by atoms with Crippen molar-refractivity contribution in [3.05, 3.63) is 53.7 Å². The number of benzene rings is 1. The van der Waals surface area contributed by atoms with Gasteiger partial charge in [-0.3, -0.25) is 4.98 Å². The minimum Gasteiger partial charge on any atom is -0.256 e. The average Bonchev–Trinajstić information content (AvgIpc) is 2.39. The predicted octanol–water partition coefficient (Wildman–Crippen LogP) is 3.74. The molecule has 0 aliphatic heterocycles. The lowest BCUT2D eigenvalue weighted by Gasteiger charge is -2.06. The fourth-order valence-electron chi connectivity index (χ4n) is 1.67. The summed E-state index contributed by atoms with van der Waals surface area (Å²) in [6.07, 6.45) is 1.90. The molecule has 0 fully saturated rings. The monoisotopic (exact) mass is 222 g/mol. The number of nitriles is 1. The third-order valence-electron chi connectivity index (χ3n) is 2.74. The van der Waals surface area contributed by atoms with Crippen molar-refractivity contribution >= 4 is 0 Å². The zero-order valence-corrected chi connectivity index (χ0v) is 10.0. The normalized spacial score (nSPS) is 10.2. The fraction of sp³-hybridized carbons (Fsp3) is 0.200. The Kier molecular flexibility index (Phi) is 3.20. The first-order valence-electron chi connectivity index (χ1n) is 5.67. The second-order valence-electron chi connectivity index (χ2n) is 4.32. The van der Waals surface area contributed by atoms with Crippen LogP contribution in [0.15, 0.2) is 42.6 Å². The van der Waals surface area contributed by atoms with E-state index < -0.39 is 0 Å². The molecule has 2 nitrogen and oxygen atoms in total. The van der Waals surface area contributed by atoms with Gasteiger partial charge in [-0.2, -0.15) is 5.26 Å². The molecule has 0 unspecified atom stereocenters. The van der Waals surface area contributed by atoms with E-state index in [1.807, 2.05) is 30.5 Å². The summed E-state index contributed by atoms with van der Waals surface area (Å²) in [6, 6.07) is 13.7. The van der Waals surface area contributed by atoms with Crippen LogP contribution in [0.1, 0.15) is 30.9 Å². The maximum Gasteiger partial charge on any atom is 0.0991 e. The Labute approximate surface area is 102 Å². The summed E-state index contributed by atoms with van der Waals surface area (Å²) in [4.78, 5) is 4.44. The van der Waals surface area contributed by atoms with Crippen LogP contribution >= 0.6 is 0 Å². The van der Waals surface area contributed by atoms with Gasteiger partial charge in [0.25, 0.3) is 0 Å². The molecule has 2 aromatic rings. The lowest BCUT2D eigenvalue weighted by molar-refractivity contribution is 0.859. The van der Waals surface area contributed by atoms with Crippen molar-refractivity contribution in [2.75, 3.05) is 0 Å². The Morgan fingerprint density at radius 3 is 2.59 bits per heavy atom. The molecule has 0 N–H and O–H groups in total. The lowest BCUT2D eigenvalue weighted by atomic mass is 10.0. The maximum absolute atomic E-state index is 8.86. The van der Waals surface area contributed by atoms with Crippen LogP contribution in [-0.2, 0) is 0 Å². The predicted molar refractivity (Wildman–Crippen MR) is 68.5 cm³/mol. The molecule has 0 amide bonds. The van der Waals surface area contributed by atoms with Crippen LogP contribution in [0.25, 0.3) is 11.3 Å². The van der Waals surface area contributed by atoms with E-state index in [1.165, 1.54) is 5.56 Å². The number of pyridine rings is 1. The maximum atomic E-state index is 8.86. The smallest absolute Gasteiger partial charge is 0.0991 e. The van der Waals surface area contributed by atoms with Crippen LogP contribution in [-0.4, -0.2) is 4.98 Å². The number of aromatic nitrogens is 1. The van der Waals surface area contributed by atoms with Gasteiger partial charge in [0.05, 0.1) is 17.3 Å².